The highest BCUT2D eigenvalue weighted by molar-refractivity contribution is 6.34. The maximum atomic E-state index is 14.5. The minimum absolute atomic E-state index is 0.0682. The van der Waals surface area contributed by atoms with Gasteiger partial charge < -0.3 is 25.4 Å². The highest BCUT2D eigenvalue weighted by Crippen LogP contribution is 2.35. The third-order valence-electron chi connectivity index (χ3n) is 7.69. The molecule has 11 nitrogen and oxygen atoms in total. The summed E-state index contributed by atoms with van der Waals surface area (Å²) in [5.74, 6) is -0.779. The number of carbonyl (C=O) groups is 2. The minimum atomic E-state index is -1.02. The molecule has 0 aliphatic carbocycles. The number of alkyl carbamates (subject to hydrolysis) is 1. The van der Waals surface area contributed by atoms with Gasteiger partial charge in [0.2, 0.25) is 5.95 Å². The van der Waals surface area contributed by atoms with Gasteiger partial charge in [-0.25, -0.2) is 19.2 Å². The van der Waals surface area contributed by atoms with Crippen LogP contribution in [0.5, 0.6) is 0 Å². The first-order chi connectivity index (χ1) is 21.9. The summed E-state index contributed by atoms with van der Waals surface area (Å²) in [5, 5.41) is 16.9. The smallest absolute Gasteiger partial charge is 0.407 e. The molecule has 0 saturated carbocycles. The molecule has 1 amide bonds. The molecule has 0 spiro atoms. The van der Waals surface area contributed by atoms with Crippen molar-refractivity contribution in [3.05, 3.63) is 77.5 Å². The van der Waals surface area contributed by atoms with E-state index in [9.17, 15) is 19.1 Å². The molecule has 5 rings (SSSR count). The second kappa shape index (κ2) is 13.8. The van der Waals surface area contributed by atoms with E-state index in [1.165, 1.54) is 6.07 Å². The quantitative estimate of drug-likeness (QED) is 0.206. The van der Waals surface area contributed by atoms with Crippen LogP contribution in [-0.4, -0.2) is 81.4 Å². The highest BCUT2D eigenvalue weighted by Gasteiger charge is 2.30. The predicted molar refractivity (Wildman–Crippen MR) is 176 cm³/mol. The molecule has 3 N–H and O–H groups in total. The minimum Gasteiger partial charge on any atom is -0.480 e. The summed E-state index contributed by atoms with van der Waals surface area (Å²) in [6, 6.07) is 11.2. The number of hydrogen-bond donors (Lipinski definition) is 3. The van der Waals surface area contributed by atoms with Crippen molar-refractivity contribution < 1.29 is 23.8 Å². The fraction of sp³-hybridized carbons (Fsp3) is 0.364. The van der Waals surface area contributed by atoms with E-state index in [-0.39, 0.29) is 18.4 Å². The predicted octanol–water partition coefficient (Wildman–Crippen LogP) is 5.76. The molecule has 2 aromatic carbocycles. The van der Waals surface area contributed by atoms with Gasteiger partial charge in [0.15, 0.2) is 0 Å². The Balaban J connectivity index is 1.26. The first-order valence-electron chi connectivity index (χ1n) is 15.0. The normalized spacial score (nSPS) is 15.3. The maximum absolute atomic E-state index is 14.5. The third-order valence-corrected chi connectivity index (χ3v) is 7.97. The molecule has 0 radical (unpaired) electrons. The van der Waals surface area contributed by atoms with E-state index in [4.69, 9.17) is 16.3 Å². The molecule has 46 heavy (non-hydrogen) atoms. The lowest BCUT2D eigenvalue weighted by Gasteiger charge is -2.37. The van der Waals surface area contributed by atoms with Crippen LogP contribution in [0.15, 0.2) is 61.1 Å². The van der Waals surface area contributed by atoms with Crippen LogP contribution in [-0.2, 0) is 9.53 Å². The molecule has 1 aliphatic rings. The number of nitrogens with one attached hydrogen (secondary N) is 2. The zero-order valence-electron chi connectivity index (χ0n) is 26.1. The van der Waals surface area contributed by atoms with Crippen LogP contribution in [0, 0.1) is 5.82 Å². The van der Waals surface area contributed by atoms with E-state index in [1.807, 2.05) is 34.9 Å². The number of carbonyl (C=O) groups excluding carboxylic acids is 1. The molecule has 2 atom stereocenters. The molecule has 4 aromatic rings. The first-order valence-corrected chi connectivity index (χ1v) is 15.4. The summed E-state index contributed by atoms with van der Waals surface area (Å²) in [6.45, 7) is 9.00. The fourth-order valence-electron chi connectivity index (χ4n) is 5.35. The van der Waals surface area contributed by atoms with Crippen molar-refractivity contribution >= 4 is 46.2 Å². The van der Waals surface area contributed by atoms with Gasteiger partial charge in [0.05, 0.1) is 22.3 Å². The van der Waals surface area contributed by atoms with Gasteiger partial charge in [-0.1, -0.05) is 35.9 Å². The summed E-state index contributed by atoms with van der Waals surface area (Å²) in [4.78, 5) is 41.5. The van der Waals surface area contributed by atoms with Crippen molar-refractivity contribution in [1.29, 1.82) is 0 Å². The lowest BCUT2D eigenvalue weighted by molar-refractivity contribution is -0.143. The van der Waals surface area contributed by atoms with Crippen molar-refractivity contribution in [2.75, 3.05) is 42.9 Å². The van der Waals surface area contributed by atoms with Crippen molar-refractivity contribution in [1.82, 2.24) is 25.2 Å². The average Bonchev–Trinajstić information content (AvgIpc) is 3.02. The Morgan fingerprint density at radius 2 is 1.72 bits per heavy atom. The number of halogens is 2. The van der Waals surface area contributed by atoms with Gasteiger partial charge in [-0.05, 0) is 51.5 Å². The van der Waals surface area contributed by atoms with E-state index in [2.05, 4.69) is 25.6 Å². The molecule has 242 valence electrons. The van der Waals surface area contributed by atoms with Crippen LogP contribution in [0.2, 0.25) is 5.02 Å². The molecule has 13 heteroatoms. The third kappa shape index (κ3) is 7.80. The zero-order chi connectivity index (χ0) is 33.0. The SMILES string of the molecule is C[C@@H](Nc1c(Cl)cnc2ccc(-c3cnc(N4CCN([C@@H](CNC(=O)OC(C)(C)C)C(=O)O)CC4)nc3)cc12)c1ccccc1F. The Bertz CT molecular complexity index is 1710. The second-order valence-electron chi connectivity index (χ2n) is 12.1. The van der Waals surface area contributed by atoms with Crippen molar-refractivity contribution in [3.63, 3.8) is 0 Å². The van der Waals surface area contributed by atoms with Crippen LogP contribution < -0.4 is 15.5 Å². The molecule has 3 heterocycles. The van der Waals surface area contributed by atoms with Crippen molar-refractivity contribution in [3.8, 4) is 11.1 Å². The topological polar surface area (TPSA) is 133 Å². The number of benzene rings is 2. The number of carboxylic acid groups (broad SMARTS) is 1. The van der Waals surface area contributed by atoms with Crippen LogP contribution >= 0.6 is 11.6 Å². The molecular formula is C33H37ClFN7O4. The number of hydrogen-bond acceptors (Lipinski definition) is 9. The Hall–Kier alpha value is -4.55. The number of amides is 1. The largest absolute Gasteiger partial charge is 0.480 e. The molecular weight excluding hydrogens is 613 g/mol. The molecule has 2 aromatic heterocycles. The van der Waals surface area contributed by atoms with Gasteiger partial charge in [0.25, 0.3) is 0 Å². The van der Waals surface area contributed by atoms with Gasteiger partial charge in [-0.2, -0.15) is 0 Å². The Morgan fingerprint density at radius 3 is 2.37 bits per heavy atom. The Labute approximate surface area is 271 Å². The van der Waals surface area contributed by atoms with E-state index in [0.717, 1.165) is 22.0 Å². The molecule has 1 aliphatic heterocycles. The number of rotatable bonds is 9. The lowest BCUT2D eigenvalue weighted by Crippen LogP contribution is -2.56. The van der Waals surface area contributed by atoms with Gasteiger partial charge in [0.1, 0.15) is 17.5 Å². The fourth-order valence-corrected chi connectivity index (χ4v) is 5.55. The van der Waals surface area contributed by atoms with Gasteiger partial charge in [-0.3, -0.25) is 14.7 Å². The summed E-state index contributed by atoms with van der Waals surface area (Å²) in [7, 11) is 0. The van der Waals surface area contributed by atoms with Crippen LogP contribution in [0.4, 0.5) is 20.8 Å². The maximum Gasteiger partial charge on any atom is 0.407 e. The van der Waals surface area contributed by atoms with Crippen molar-refractivity contribution in [2.24, 2.45) is 0 Å². The standard InChI is InChI=1S/C33H37ClFN7O4/c1-20(23-7-5-6-8-26(23)35)40-29-24-15-21(9-10-27(24)36-18-25(29)34)22-16-37-31(38-17-22)42-13-11-41(12-14-42)28(30(43)44)19-39-32(45)46-33(2,3)4/h5-10,15-18,20,28H,11-14,19H2,1-4H3,(H,36,40)(H,39,45)(H,43,44)/t20-,28+/m1/s1. The molecule has 0 unspecified atom stereocenters. The van der Waals surface area contributed by atoms with E-state index in [1.54, 1.807) is 57.6 Å². The first kappa shape index (κ1) is 32.8. The van der Waals surface area contributed by atoms with Crippen LogP contribution in [0.25, 0.3) is 22.0 Å². The Morgan fingerprint density at radius 1 is 1.02 bits per heavy atom. The number of anilines is 2. The summed E-state index contributed by atoms with van der Waals surface area (Å²) in [6.07, 6.45) is 4.41. The number of carboxylic acids is 1. The average molecular weight is 650 g/mol. The van der Waals surface area contributed by atoms with Gasteiger partial charge in [0, 0.05) is 67.8 Å². The van der Waals surface area contributed by atoms with Crippen LogP contribution in [0.1, 0.15) is 39.3 Å². The summed E-state index contributed by atoms with van der Waals surface area (Å²) < 4.78 is 19.7. The van der Waals surface area contributed by atoms with E-state index in [0.29, 0.717) is 48.4 Å². The van der Waals surface area contributed by atoms with Crippen LogP contribution in [0.3, 0.4) is 0 Å². The number of pyridine rings is 1. The Kier molecular flexibility index (Phi) is 9.88. The zero-order valence-corrected chi connectivity index (χ0v) is 26.9. The molecule has 0 bridgehead atoms. The lowest BCUT2D eigenvalue weighted by atomic mass is 10.0. The van der Waals surface area contributed by atoms with Gasteiger partial charge >= 0.3 is 12.1 Å². The van der Waals surface area contributed by atoms with E-state index >= 15 is 0 Å². The summed E-state index contributed by atoms with van der Waals surface area (Å²) >= 11 is 6.57. The van der Waals surface area contributed by atoms with Gasteiger partial charge in [-0.15, -0.1) is 0 Å². The molecule has 1 fully saturated rings. The van der Waals surface area contributed by atoms with Crippen molar-refractivity contribution in [2.45, 2.75) is 45.4 Å². The number of piperazine rings is 1. The number of nitrogens with zero attached hydrogens (tertiary/aromatic N) is 5. The molecule has 1 saturated heterocycles. The number of aliphatic carboxylic acids is 1. The number of ether oxygens (including phenoxy) is 1. The summed E-state index contributed by atoms with van der Waals surface area (Å²) in [5.41, 5.74) is 2.88. The monoisotopic (exact) mass is 649 g/mol. The highest BCUT2D eigenvalue weighted by atomic mass is 35.5. The van der Waals surface area contributed by atoms with E-state index < -0.39 is 23.7 Å². The number of fused-ring (bicyclic) bond motifs is 1. The number of aromatic nitrogens is 3. The second-order valence-corrected chi connectivity index (χ2v) is 12.5.